The molecular weight excluding hydrogens is 537 g/mol. The number of halogens is 1. The van der Waals surface area contributed by atoms with Gasteiger partial charge in [-0.25, -0.2) is 14.0 Å². The van der Waals surface area contributed by atoms with Crippen LogP contribution in [0.4, 0.5) is 19.7 Å². The lowest BCUT2D eigenvalue weighted by atomic mass is 10.2. The number of methoxy groups -OCH3 is 2. The Hall–Kier alpha value is -4.29. The third-order valence-corrected chi connectivity index (χ3v) is 7.31. The lowest BCUT2D eigenvalue weighted by Crippen LogP contribution is -2.33. The lowest BCUT2D eigenvalue weighted by Gasteiger charge is -2.20. The molecule has 1 aliphatic rings. The van der Waals surface area contributed by atoms with Crippen LogP contribution in [0.3, 0.4) is 0 Å². The van der Waals surface area contributed by atoms with E-state index >= 15 is 0 Å². The Morgan fingerprint density at radius 3 is 2.67 bits per heavy atom. The number of pyridine rings is 2. The number of aromatic nitrogens is 2. The topological polar surface area (TPSA) is 115 Å². The van der Waals surface area contributed by atoms with E-state index in [1.165, 1.54) is 35.5 Å². The fourth-order valence-corrected chi connectivity index (χ4v) is 4.97. The van der Waals surface area contributed by atoms with Crippen LogP contribution in [-0.4, -0.2) is 60.4 Å². The minimum atomic E-state index is -0.602. The first kappa shape index (κ1) is 27.3. The predicted octanol–water partition coefficient (Wildman–Crippen LogP) is 6.28. The molecule has 3 heterocycles. The number of carbonyl (C=O) groups excluding carboxylic acids is 2. The highest BCUT2D eigenvalue weighted by Crippen LogP contribution is 2.39. The van der Waals surface area contributed by atoms with E-state index in [1.54, 1.807) is 31.6 Å². The van der Waals surface area contributed by atoms with Crippen molar-refractivity contribution in [2.75, 3.05) is 32.7 Å². The number of hydrogen-bond donors (Lipinski definition) is 2. The molecule has 3 aromatic heterocycles. The van der Waals surface area contributed by atoms with Crippen molar-refractivity contribution in [3.05, 3.63) is 66.2 Å². The van der Waals surface area contributed by atoms with Crippen LogP contribution in [0.1, 0.15) is 21.3 Å². The molecule has 2 N–H and O–H groups in total. The summed E-state index contributed by atoms with van der Waals surface area (Å²) in [7, 11) is 2.92. The maximum Gasteiger partial charge on any atom is 0.409 e. The van der Waals surface area contributed by atoms with Gasteiger partial charge in [0.2, 0.25) is 0 Å². The Balaban J connectivity index is 0.00000242. The van der Waals surface area contributed by atoms with Crippen molar-refractivity contribution in [3.8, 4) is 22.1 Å². The van der Waals surface area contributed by atoms with E-state index in [-0.39, 0.29) is 20.7 Å². The molecule has 0 spiro atoms. The van der Waals surface area contributed by atoms with E-state index in [0.29, 0.717) is 36.6 Å². The van der Waals surface area contributed by atoms with Gasteiger partial charge < -0.3 is 29.7 Å². The molecule has 0 radical (unpaired) electrons. The molecule has 1 fully saturated rings. The number of amides is 3. The third-order valence-electron chi connectivity index (χ3n) is 6.15. The lowest BCUT2D eigenvalue weighted by molar-refractivity contribution is 0.100. The second-order valence-corrected chi connectivity index (χ2v) is 10.2. The van der Waals surface area contributed by atoms with Gasteiger partial charge in [-0.3, -0.25) is 9.97 Å². The van der Waals surface area contributed by atoms with Gasteiger partial charge in [-0.1, -0.05) is 6.07 Å². The number of rotatable bonds is 10. The molecule has 0 saturated heterocycles. The molecule has 1 aromatic carbocycles. The van der Waals surface area contributed by atoms with Gasteiger partial charge in [0.1, 0.15) is 5.75 Å². The number of hydrogen-bond acceptors (Lipinski definition) is 8. The summed E-state index contributed by atoms with van der Waals surface area (Å²) in [6, 6.07) is 11.5. The van der Waals surface area contributed by atoms with E-state index in [4.69, 9.17) is 14.2 Å². The van der Waals surface area contributed by atoms with Crippen molar-refractivity contribution in [2.24, 2.45) is 0 Å². The summed E-state index contributed by atoms with van der Waals surface area (Å²) in [6.07, 6.45) is 4.80. The Labute approximate surface area is 237 Å². The highest BCUT2D eigenvalue weighted by Gasteiger charge is 2.23. The quantitative estimate of drug-likeness (QED) is 0.231. The van der Waals surface area contributed by atoms with Gasteiger partial charge >= 0.3 is 12.1 Å². The SMILES string of the molecule is COCCN(Cc1ccc(-c2cc3nccc(Oc4ccc(NC(=O)NC5CC5)cc4F)c3s2)nc1)C(=O)OC.[HH].[HH]. The average molecular weight is 570 g/mol. The summed E-state index contributed by atoms with van der Waals surface area (Å²) < 4.78 is 31.4. The second-order valence-electron chi connectivity index (χ2n) is 9.19. The summed E-state index contributed by atoms with van der Waals surface area (Å²) in [6.45, 7) is 1.12. The molecule has 1 saturated carbocycles. The Morgan fingerprint density at radius 2 is 1.98 bits per heavy atom. The minimum Gasteiger partial charge on any atom is -0.453 e. The second kappa shape index (κ2) is 12.3. The molecule has 0 bridgehead atoms. The zero-order chi connectivity index (χ0) is 28.1. The van der Waals surface area contributed by atoms with Crippen LogP contribution in [0.25, 0.3) is 20.8 Å². The molecule has 12 heteroatoms. The van der Waals surface area contributed by atoms with Crippen molar-refractivity contribution in [1.82, 2.24) is 20.2 Å². The van der Waals surface area contributed by atoms with Crippen LogP contribution in [0.15, 0.2) is 54.9 Å². The zero-order valence-electron chi connectivity index (χ0n) is 22.0. The molecule has 0 atom stereocenters. The van der Waals surface area contributed by atoms with E-state index in [1.807, 2.05) is 18.2 Å². The molecule has 10 nitrogen and oxygen atoms in total. The zero-order valence-corrected chi connectivity index (χ0v) is 22.8. The molecule has 1 aliphatic carbocycles. The largest absolute Gasteiger partial charge is 0.453 e. The van der Waals surface area contributed by atoms with Gasteiger partial charge in [0.15, 0.2) is 11.6 Å². The third kappa shape index (κ3) is 6.64. The summed E-state index contributed by atoms with van der Waals surface area (Å²) >= 11 is 1.43. The highest BCUT2D eigenvalue weighted by molar-refractivity contribution is 7.22. The maximum absolute atomic E-state index is 14.8. The molecule has 4 aromatic rings. The fraction of sp³-hybridized carbons (Fsp3) is 0.286. The van der Waals surface area contributed by atoms with Crippen LogP contribution in [0, 0.1) is 5.82 Å². The standard InChI is InChI=1S/C28H28FN5O5S.2H2/c1-37-12-11-34(28(36)38-2)16-17-3-7-21(31-15-17)25-14-22-26(40-25)24(9-10-30-22)39-23-8-6-19(13-20(23)29)33-27(35)32-18-4-5-18;;/h3,6-10,13-15,18H,4-5,11-12,16H2,1-2H3,(H2,32,33,35);2*1H. The summed E-state index contributed by atoms with van der Waals surface area (Å²) in [5, 5.41) is 5.43. The number of ether oxygens (including phenoxy) is 3. The normalized spacial score (nSPS) is 12.7. The Morgan fingerprint density at radius 1 is 1.12 bits per heavy atom. The molecule has 5 rings (SSSR count). The molecule has 0 aliphatic heterocycles. The minimum absolute atomic E-state index is 0. The number of nitrogens with zero attached hydrogens (tertiary/aromatic N) is 3. The fourth-order valence-electron chi connectivity index (χ4n) is 3.93. The van der Waals surface area contributed by atoms with E-state index in [2.05, 4.69) is 20.6 Å². The van der Waals surface area contributed by atoms with Crippen molar-refractivity contribution in [2.45, 2.75) is 25.4 Å². The Bertz CT molecular complexity index is 1520. The molecule has 0 unspecified atom stereocenters. The van der Waals surface area contributed by atoms with Crippen LogP contribution < -0.4 is 15.4 Å². The summed E-state index contributed by atoms with van der Waals surface area (Å²) in [5.41, 5.74) is 2.59. The van der Waals surface area contributed by atoms with E-state index < -0.39 is 11.9 Å². The number of anilines is 1. The first-order valence-corrected chi connectivity index (χ1v) is 13.5. The molecule has 212 valence electrons. The molecule has 40 heavy (non-hydrogen) atoms. The number of urea groups is 1. The number of thiophene rings is 1. The van der Waals surface area contributed by atoms with Crippen molar-refractivity contribution >= 4 is 39.4 Å². The number of fused-ring (bicyclic) bond motifs is 1. The maximum atomic E-state index is 14.8. The monoisotopic (exact) mass is 569 g/mol. The smallest absolute Gasteiger partial charge is 0.409 e. The van der Waals surface area contributed by atoms with E-state index in [9.17, 15) is 14.0 Å². The predicted molar refractivity (Wildman–Crippen MR) is 153 cm³/mol. The van der Waals surface area contributed by atoms with Gasteiger partial charge in [-0.2, -0.15) is 0 Å². The van der Waals surface area contributed by atoms with Gasteiger partial charge in [-0.15, -0.1) is 11.3 Å². The van der Waals surface area contributed by atoms with Gasteiger partial charge in [0.05, 0.1) is 41.0 Å². The summed E-state index contributed by atoms with van der Waals surface area (Å²) in [4.78, 5) is 35.4. The van der Waals surface area contributed by atoms with Crippen molar-refractivity contribution in [3.63, 3.8) is 0 Å². The van der Waals surface area contributed by atoms with Crippen molar-refractivity contribution < 1.29 is 31.0 Å². The molecular formula is C28H32FN5O5S. The molecule has 3 amide bonds. The first-order valence-electron chi connectivity index (χ1n) is 12.6. The van der Waals surface area contributed by atoms with Gasteiger partial charge in [-0.05, 0) is 42.7 Å². The van der Waals surface area contributed by atoms with Crippen LogP contribution >= 0.6 is 11.3 Å². The highest BCUT2D eigenvalue weighted by atomic mass is 32.1. The van der Waals surface area contributed by atoms with Gasteiger partial charge in [0, 0.05) is 52.8 Å². The van der Waals surface area contributed by atoms with Crippen molar-refractivity contribution in [1.29, 1.82) is 0 Å². The summed E-state index contributed by atoms with van der Waals surface area (Å²) in [5.74, 6) is -0.118. The Kier molecular flexibility index (Phi) is 8.37. The van der Waals surface area contributed by atoms with E-state index in [0.717, 1.165) is 33.7 Å². The first-order chi connectivity index (χ1) is 19.4. The van der Waals surface area contributed by atoms with Crippen LogP contribution in [0.5, 0.6) is 11.5 Å². The van der Waals surface area contributed by atoms with Crippen LogP contribution in [-0.2, 0) is 16.0 Å². The number of nitrogens with one attached hydrogen (secondary N) is 2. The van der Waals surface area contributed by atoms with Crippen LogP contribution in [0.2, 0.25) is 0 Å². The number of benzene rings is 1. The van der Waals surface area contributed by atoms with Gasteiger partial charge in [0.25, 0.3) is 0 Å². The average Bonchev–Trinajstić information content (AvgIpc) is 3.65. The number of carbonyl (C=O) groups is 2.